The summed E-state index contributed by atoms with van der Waals surface area (Å²) in [5.74, 6) is -0.398. The molecule has 1 aliphatic rings. The zero-order valence-corrected chi connectivity index (χ0v) is 20.1. The second-order valence-electron chi connectivity index (χ2n) is 8.77. The summed E-state index contributed by atoms with van der Waals surface area (Å²) in [6.07, 6.45) is 1.54. The van der Waals surface area contributed by atoms with Crippen LogP contribution in [0.25, 0.3) is 10.9 Å². The maximum Gasteiger partial charge on any atom is 0.214 e. The number of halogens is 1. The Morgan fingerprint density at radius 1 is 0.853 bits per heavy atom. The van der Waals surface area contributed by atoms with Crippen LogP contribution in [0, 0.1) is 19.7 Å². The molecule has 34 heavy (non-hydrogen) atoms. The molecule has 0 unspecified atom stereocenters. The number of aromatic amines is 1. The maximum atomic E-state index is 14.3. The van der Waals surface area contributed by atoms with Crippen molar-refractivity contribution in [2.45, 2.75) is 23.6 Å². The van der Waals surface area contributed by atoms with Crippen LogP contribution in [0.2, 0.25) is 0 Å². The molecule has 0 spiro atoms. The van der Waals surface area contributed by atoms with Gasteiger partial charge in [-0.05, 0) is 49.7 Å². The lowest BCUT2D eigenvalue weighted by atomic mass is 10.1. The van der Waals surface area contributed by atoms with Crippen molar-refractivity contribution in [2.24, 2.45) is 0 Å². The Hall–Kier alpha value is -3.45. The van der Waals surface area contributed by atoms with Crippen LogP contribution in [-0.2, 0) is 9.84 Å². The second-order valence-corrected chi connectivity index (χ2v) is 10.7. The summed E-state index contributed by atoms with van der Waals surface area (Å²) in [5, 5.41) is 0.567. The number of hydrogen-bond acceptors (Lipinski definition) is 4. The topological polar surface area (TPSA) is 54.8 Å². The van der Waals surface area contributed by atoms with E-state index < -0.39 is 15.7 Å². The van der Waals surface area contributed by atoms with Crippen LogP contribution in [0.1, 0.15) is 11.1 Å². The molecule has 5 rings (SSSR count). The first-order chi connectivity index (χ1) is 16.3. The Kier molecular flexibility index (Phi) is 5.73. The molecule has 0 bridgehead atoms. The van der Waals surface area contributed by atoms with Crippen molar-refractivity contribution < 1.29 is 17.8 Å². The van der Waals surface area contributed by atoms with Gasteiger partial charge in [-0.15, -0.1) is 0 Å². The number of anilines is 2. The molecule has 1 N–H and O–H groups in total. The predicted molar refractivity (Wildman–Crippen MR) is 133 cm³/mol. The lowest BCUT2D eigenvalue weighted by Crippen LogP contribution is -2.47. The number of nitrogens with one attached hydrogen (secondary N) is 1. The average molecular weight is 477 g/mol. The Morgan fingerprint density at radius 3 is 2.26 bits per heavy atom. The molecule has 0 radical (unpaired) electrons. The molecule has 5 nitrogen and oxygen atoms in total. The van der Waals surface area contributed by atoms with Crippen molar-refractivity contribution in [3.63, 3.8) is 0 Å². The molecule has 1 aliphatic heterocycles. The highest BCUT2D eigenvalue weighted by molar-refractivity contribution is 7.91. The first kappa shape index (κ1) is 22.3. The fourth-order valence-electron chi connectivity index (χ4n) is 4.77. The molecule has 1 aromatic heterocycles. The summed E-state index contributed by atoms with van der Waals surface area (Å²) in [6, 6.07) is 19.3. The average Bonchev–Trinajstić information content (AvgIpc) is 2.84. The van der Waals surface area contributed by atoms with E-state index in [0.29, 0.717) is 29.7 Å². The molecular formula is C27H27FN3O2S+. The molecule has 2 heterocycles. The highest BCUT2D eigenvalue weighted by Crippen LogP contribution is 2.36. The van der Waals surface area contributed by atoms with Gasteiger partial charge in [0.15, 0.2) is 11.1 Å². The lowest BCUT2D eigenvalue weighted by molar-refractivity contribution is -0.347. The largest absolute Gasteiger partial charge is 0.368 e. The molecule has 3 aromatic carbocycles. The predicted octanol–water partition coefficient (Wildman–Crippen LogP) is 4.57. The monoisotopic (exact) mass is 476 g/mol. The van der Waals surface area contributed by atoms with Crippen LogP contribution in [0.4, 0.5) is 15.8 Å². The fraction of sp³-hybridized carbons (Fsp3) is 0.222. The number of aromatic nitrogens is 1. The number of H-pyrrole nitrogens is 1. The van der Waals surface area contributed by atoms with E-state index in [9.17, 15) is 12.8 Å². The second kappa shape index (κ2) is 8.72. The summed E-state index contributed by atoms with van der Waals surface area (Å²) < 4.78 is 41.6. The summed E-state index contributed by atoms with van der Waals surface area (Å²) in [4.78, 5) is 7.85. The Labute approximate surface area is 199 Å². The number of fused-ring (bicyclic) bond motifs is 1. The minimum Gasteiger partial charge on any atom is -0.368 e. The highest BCUT2D eigenvalue weighted by Gasteiger charge is 2.31. The number of benzene rings is 3. The number of piperazine rings is 1. The molecule has 0 amide bonds. The highest BCUT2D eigenvalue weighted by atomic mass is 32.2. The van der Waals surface area contributed by atoms with Gasteiger partial charge in [0.25, 0.3) is 0 Å². The standard InChI is InChI=1S/C27H26FN3O2S/c1-19-8-11-25(20(2)16-19)30-12-14-31(15-13-30)27-23-17-21(28)9-10-24(23)29-18-26(27)34(32,33)22-6-4-3-5-7-22/h3-11,16-18H,12-15H2,1-2H3/p+1. The minimum atomic E-state index is -3.81. The van der Waals surface area contributed by atoms with Crippen molar-refractivity contribution in [2.75, 3.05) is 36.0 Å². The van der Waals surface area contributed by atoms with Crippen LogP contribution < -0.4 is 14.8 Å². The van der Waals surface area contributed by atoms with Crippen molar-refractivity contribution in [3.05, 3.63) is 89.9 Å². The molecule has 0 atom stereocenters. The van der Waals surface area contributed by atoms with Gasteiger partial charge in [-0.3, -0.25) is 0 Å². The van der Waals surface area contributed by atoms with Crippen molar-refractivity contribution in [1.29, 1.82) is 0 Å². The van der Waals surface area contributed by atoms with E-state index in [1.807, 2.05) is 0 Å². The van der Waals surface area contributed by atoms with Crippen molar-refractivity contribution in [1.82, 2.24) is 0 Å². The smallest absolute Gasteiger partial charge is 0.214 e. The van der Waals surface area contributed by atoms with Gasteiger partial charge < -0.3 is 9.80 Å². The summed E-state index contributed by atoms with van der Waals surface area (Å²) in [5.41, 5.74) is 4.89. The van der Waals surface area contributed by atoms with Crippen LogP contribution in [0.5, 0.6) is 0 Å². The van der Waals surface area contributed by atoms with Gasteiger partial charge in [0.2, 0.25) is 15.4 Å². The Morgan fingerprint density at radius 2 is 1.56 bits per heavy atom. The lowest BCUT2D eigenvalue weighted by Gasteiger charge is -2.38. The van der Waals surface area contributed by atoms with Gasteiger partial charge in [-0.2, -0.15) is 0 Å². The Balaban J connectivity index is 1.57. The fourth-order valence-corrected chi connectivity index (χ4v) is 6.25. The maximum absolute atomic E-state index is 14.3. The van der Waals surface area contributed by atoms with Gasteiger partial charge in [0.1, 0.15) is 5.82 Å². The van der Waals surface area contributed by atoms with E-state index in [1.165, 1.54) is 35.1 Å². The molecular weight excluding hydrogens is 449 g/mol. The van der Waals surface area contributed by atoms with Crippen LogP contribution in [0.15, 0.2) is 82.7 Å². The van der Waals surface area contributed by atoms with E-state index in [2.05, 4.69) is 46.8 Å². The minimum absolute atomic E-state index is 0.164. The molecule has 4 aromatic rings. The first-order valence-electron chi connectivity index (χ1n) is 11.4. The van der Waals surface area contributed by atoms with Gasteiger partial charge in [0, 0.05) is 37.9 Å². The van der Waals surface area contributed by atoms with E-state index in [-0.39, 0.29) is 9.79 Å². The SMILES string of the molecule is Cc1ccc(N2CCN(c3c(S(=O)(=O)c4ccccc4)c[nH+]c4ccc(F)cc34)CC2)c(C)c1. The number of hydrogen-bond donors (Lipinski definition) is 0. The summed E-state index contributed by atoms with van der Waals surface area (Å²) in [7, 11) is -3.81. The third kappa shape index (κ3) is 4.01. The summed E-state index contributed by atoms with van der Waals surface area (Å²) in [6.45, 7) is 6.93. The first-order valence-corrected chi connectivity index (χ1v) is 12.8. The third-order valence-corrected chi connectivity index (χ3v) is 8.24. The number of rotatable bonds is 4. The van der Waals surface area contributed by atoms with Gasteiger partial charge in [-0.1, -0.05) is 35.9 Å². The Bertz CT molecular complexity index is 1460. The number of aryl methyl sites for hydroxylation is 2. The van der Waals surface area contributed by atoms with Crippen molar-refractivity contribution >= 4 is 32.1 Å². The quantitative estimate of drug-likeness (QED) is 0.433. The van der Waals surface area contributed by atoms with E-state index in [4.69, 9.17) is 0 Å². The van der Waals surface area contributed by atoms with Crippen LogP contribution >= 0.6 is 0 Å². The molecule has 0 aliphatic carbocycles. The zero-order valence-electron chi connectivity index (χ0n) is 19.3. The molecule has 174 valence electrons. The number of sulfone groups is 1. The molecule has 1 saturated heterocycles. The normalized spacial score (nSPS) is 14.6. The van der Waals surface area contributed by atoms with Gasteiger partial charge >= 0.3 is 0 Å². The molecule has 0 saturated carbocycles. The number of nitrogens with zero attached hydrogens (tertiary/aromatic N) is 2. The number of pyridine rings is 1. The molecule has 7 heteroatoms. The van der Waals surface area contributed by atoms with Crippen LogP contribution in [-0.4, -0.2) is 34.6 Å². The van der Waals surface area contributed by atoms with Gasteiger partial charge in [0.05, 0.1) is 16.0 Å². The summed E-state index contributed by atoms with van der Waals surface area (Å²) >= 11 is 0. The van der Waals surface area contributed by atoms with Crippen LogP contribution in [0.3, 0.4) is 0 Å². The van der Waals surface area contributed by atoms with E-state index in [0.717, 1.165) is 13.1 Å². The third-order valence-electron chi connectivity index (χ3n) is 6.46. The van der Waals surface area contributed by atoms with E-state index in [1.54, 1.807) is 36.4 Å². The molecule has 1 fully saturated rings. The van der Waals surface area contributed by atoms with E-state index >= 15 is 0 Å². The zero-order chi connectivity index (χ0) is 23.9. The van der Waals surface area contributed by atoms with Gasteiger partial charge in [-0.25, -0.2) is 17.8 Å². The van der Waals surface area contributed by atoms with Crippen molar-refractivity contribution in [3.8, 4) is 0 Å².